The maximum Gasteiger partial charge on any atom is 0.00418 e. The average molecular weight is 211 g/mol. The van der Waals surface area contributed by atoms with Gasteiger partial charge in [0.25, 0.3) is 0 Å². The van der Waals surface area contributed by atoms with E-state index in [2.05, 4.69) is 34.6 Å². The molecule has 0 bridgehead atoms. The van der Waals surface area contributed by atoms with Crippen LogP contribution in [-0.2, 0) is 0 Å². The van der Waals surface area contributed by atoms with Gasteiger partial charge in [-0.1, -0.05) is 41.0 Å². The van der Waals surface area contributed by atoms with Crippen LogP contribution < -0.4 is 5.73 Å². The van der Waals surface area contributed by atoms with Gasteiger partial charge < -0.3 is 5.73 Å². The van der Waals surface area contributed by atoms with E-state index in [1.165, 1.54) is 32.1 Å². The van der Waals surface area contributed by atoms with Gasteiger partial charge in [0.1, 0.15) is 0 Å². The first kappa shape index (κ1) is 13.0. The van der Waals surface area contributed by atoms with Gasteiger partial charge in [-0.15, -0.1) is 0 Å². The van der Waals surface area contributed by atoms with Crippen molar-refractivity contribution in [2.24, 2.45) is 22.5 Å². The van der Waals surface area contributed by atoms with Crippen LogP contribution in [-0.4, -0.2) is 6.04 Å². The normalized spacial score (nSPS) is 31.6. The molecule has 1 heteroatoms. The lowest BCUT2D eigenvalue weighted by molar-refractivity contribution is 0.0773. The average Bonchev–Trinajstić information content (AvgIpc) is 2.12. The summed E-state index contributed by atoms with van der Waals surface area (Å²) >= 11 is 0. The standard InChI is InChI=1S/C14H29N/c1-6-13(2,3)10-11-9-12(15)7-8-14(11,4)5/h11-12H,6-10,15H2,1-5H3. The van der Waals surface area contributed by atoms with Gasteiger partial charge in [0.05, 0.1) is 0 Å². The summed E-state index contributed by atoms with van der Waals surface area (Å²) < 4.78 is 0. The molecule has 0 radical (unpaired) electrons. The van der Waals surface area contributed by atoms with Gasteiger partial charge in [-0.2, -0.15) is 0 Å². The topological polar surface area (TPSA) is 26.0 Å². The zero-order valence-corrected chi connectivity index (χ0v) is 11.3. The van der Waals surface area contributed by atoms with Crippen molar-refractivity contribution in [3.8, 4) is 0 Å². The molecule has 1 rings (SSSR count). The third-order valence-electron chi connectivity index (χ3n) is 4.61. The van der Waals surface area contributed by atoms with E-state index >= 15 is 0 Å². The van der Waals surface area contributed by atoms with Crippen molar-refractivity contribution in [2.75, 3.05) is 0 Å². The molecule has 0 heterocycles. The van der Waals surface area contributed by atoms with Crippen molar-refractivity contribution in [3.63, 3.8) is 0 Å². The molecule has 2 atom stereocenters. The van der Waals surface area contributed by atoms with E-state index in [4.69, 9.17) is 5.73 Å². The Morgan fingerprint density at radius 1 is 1.33 bits per heavy atom. The number of hydrogen-bond donors (Lipinski definition) is 1. The van der Waals surface area contributed by atoms with E-state index in [1.807, 2.05) is 0 Å². The quantitative estimate of drug-likeness (QED) is 0.751. The Bertz CT molecular complexity index is 205. The van der Waals surface area contributed by atoms with Crippen LogP contribution in [0.1, 0.15) is 66.7 Å². The van der Waals surface area contributed by atoms with Crippen LogP contribution in [0, 0.1) is 16.7 Å². The van der Waals surface area contributed by atoms with Gasteiger partial charge >= 0.3 is 0 Å². The number of nitrogens with two attached hydrogens (primary N) is 1. The molecule has 1 aliphatic rings. The summed E-state index contributed by atoms with van der Waals surface area (Å²) in [7, 11) is 0. The molecule has 2 unspecified atom stereocenters. The Labute approximate surface area is 95.8 Å². The molecule has 0 spiro atoms. The van der Waals surface area contributed by atoms with Crippen LogP contribution in [0.5, 0.6) is 0 Å². The summed E-state index contributed by atoms with van der Waals surface area (Å²) in [6.45, 7) is 11.9. The smallest absolute Gasteiger partial charge is 0.00418 e. The van der Waals surface area contributed by atoms with Crippen LogP contribution in [0.3, 0.4) is 0 Å². The summed E-state index contributed by atoms with van der Waals surface area (Å²) in [5.41, 5.74) is 7.09. The molecule has 0 aliphatic heterocycles. The first-order chi connectivity index (χ1) is 6.77. The molecule has 90 valence electrons. The van der Waals surface area contributed by atoms with E-state index in [1.54, 1.807) is 0 Å². The third kappa shape index (κ3) is 3.48. The zero-order chi connectivity index (χ0) is 11.7. The fourth-order valence-electron chi connectivity index (χ4n) is 2.73. The Morgan fingerprint density at radius 3 is 2.47 bits per heavy atom. The second kappa shape index (κ2) is 4.45. The molecule has 2 N–H and O–H groups in total. The molecule has 1 saturated carbocycles. The van der Waals surface area contributed by atoms with Gasteiger partial charge in [0.15, 0.2) is 0 Å². The summed E-state index contributed by atoms with van der Waals surface area (Å²) in [4.78, 5) is 0. The highest BCUT2D eigenvalue weighted by Gasteiger charge is 2.37. The first-order valence-corrected chi connectivity index (χ1v) is 6.52. The fraction of sp³-hybridized carbons (Fsp3) is 1.00. The fourth-order valence-corrected chi connectivity index (χ4v) is 2.73. The Balaban J connectivity index is 2.65. The predicted octanol–water partition coefficient (Wildman–Crippen LogP) is 3.97. The minimum absolute atomic E-state index is 0.454. The maximum absolute atomic E-state index is 6.11. The molecule has 0 saturated heterocycles. The molecule has 1 nitrogen and oxygen atoms in total. The largest absolute Gasteiger partial charge is 0.328 e. The zero-order valence-electron chi connectivity index (χ0n) is 11.3. The van der Waals surface area contributed by atoms with Crippen molar-refractivity contribution < 1.29 is 0 Å². The summed E-state index contributed by atoms with van der Waals surface area (Å²) in [6, 6.07) is 0.454. The monoisotopic (exact) mass is 211 g/mol. The SMILES string of the molecule is CCC(C)(C)CC1CC(N)CCC1(C)C. The lowest BCUT2D eigenvalue weighted by Crippen LogP contribution is -2.40. The molecule has 15 heavy (non-hydrogen) atoms. The predicted molar refractivity (Wildman–Crippen MR) is 67.8 cm³/mol. The summed E-state index contributed by atoms with van der Waals surface area (Å²) in [5, 5.41) is 0. The van der Waals surface area contributed by atoms with E-state index in [0.717, 1.165) is 5.92 Å². The molecule has 1 aliphatic carbocycles. The molecule has 1 fully saturated rings. The minimum Gasteiger partial charge on any atom is -0.328 e. The number of hydrogen-bond acceptors (Lipinski definition) is 1. The molecule has 0 aromatic rings. The van der Waals surface area contributed by atoms with Gasteiger partial charge in [0, 0.05) is 6.04 Å². The Morgan fingerprint density at radius 2 is 1.93 bits per heavy atom. The highest BCUT2D eigenvalue weighted by molar-refractivity contribution is 4.90. The van der Waals surface area contributed by atoms with Gasteiger partial charge in [-0.3, -0.25) is 0 Å². The lowest BCUT2D eigenvalue weighted by atomic mass is 9.62. The summed E-state index contributed by atoms with van der Waals surface area (Å²) in [6.07, 6.45) is 6.37. The van der Waals surface area contributed by atoms with Crippen molar-refractivity contribution in [1.29, 1.82) is 0 Å². The highest BCUT2D eigenvalue weighted by atomic mass is 14.7. The van der Waals surface area contributed by atoms with Crippen molar-refractivity contribution in [2.45, 2.75) is 72.8 Å². The van der Waals surface area contributed by atoms with Crippen LogP contribution >= 0.6 is 0 Å². The summed E-state index contributed by atoms with van der Waals surface area (Å²) in [5.74, 6) is 0.816. The molecular weight excluding hydrogens is 182 g/mol. The van der Waals surface area contributed by atoms with Crippen LogP contribution in [0.15, 0.2) is 0 Å². The Kier molecular flexibility index (Phi) is 3.86. The second-order valence-corrected chi connectivity index (χ2v) is 6.94. The van der Waals surface area contributed by atoms with Gasteiger partial charge in [0.2, 0.25) is 0 Å². The van der Waals surface area contributed by atoms with E-state index in [-0.39, 0.29) is 0 Å². The van der Waals surface area contributed by atoms with Gasteiger partial charge in [-0.05, 0) is 42.4 Å². The van der Waals surface area contributed by atoms with Crippen LogP contribution in [0.25, 0.3) is 0 Å². The van der Waals surface area contributed by atoms with E-state index in [9.17, 15) is 0 Å². The molecule has 0 aromatic carbocycles. The van der Waals surface area contributed by atoms with Gasteiger partial charge in [-0.25, -0.2) is 0 Å². The lowest BCUT2D eigenvalue weighted by Gasteiger charge is -2.44. The van der Waals surface area contributed by atoms with Crippen molar-refractivity contribution >= 4 is 0 Å². The van der Waals surface area contributed by atoms with Crippen molar-refractivity contribution in [1.82, 2.24) is 0 Å². The molecular formula is C14H29N. The molecule has 0 aromatic heterocycles. The highest BCUT2D eigenvalue weighted by Crippen LogP contribution is 2.46. The minimum atomic E-state index is 0.454. The van der Waals surface area contributed by atoms with Crippen LogP contribution in [0.2, 0.25) is 0 Å². The maximum atomic E-state index is 6.11. The van der Waals surface area contributed by atoms with Crippen LogP contribution in [0.4, 0.5) is 0 Å². The van der Waals surface area contributed by atoms with E-state index in [0.29, 0.717) is 16.9 Å². The second-order valence-electron chi connectivity index (χ2n) is 6.94. The third-order valence-corrected chi connectivity index (χ3v) is 4.61. The first-order valence-electron chi connectivity index (χ1n) is 6.52. The van der Waals surface area contributed by atoms with Crippen molar-refractivity contribution in [3.05, 3.63) is 0 Å². The number of rotatable bonds is 3. The Hall–Kier alpha value is -0.0400. The molecule has 0 amide bonds. The van der Waals surface area contributed by atoms with E-state index < -0.39 is 0 Å².